The minimum absolute atomic E-state index is 0.00499. The van der Waals surface area contributed by atoms with Crippen molar-refractivity contribution in [1.82, 2.24) is 19.2 Å². The van der Waals surface area contributed by atoms with E-state index in [2.05, 4.69) is 5.10 Å². The van der Waals surface area contributed by atoms with Crippen LogP contribution < -0.4 is 5.56 Å². The van der Waals surface area contributed by atoms with Gasteiger partial charge in [-0.2, -0.15) is 5.10 Å². The highest BCUT2D eigenvalue weighted by atomic mass is 16.2. The van der Waals surface area contributed by atoms with E-state index in [1.165, 1.54) is 0 Å². The molecule has 1 fully saturated rings. The van der Waals surface area contributed by atoms with E-state index in [0.717, 1.165) is 24.1 Å². The second-order valence-corrected chi connectivity index (χ2v) is 7.64. The van der Waals surface area contributed by atoms with Crippen molar-refractivity contribution in [1.29, 1.82) is 0 Å². The highest BCUT2D eigenvalue weighted by Gasteiger charge is 2.24. The van der Waals surface area contributed by atoms with Crippen LogP contribution in [0.15, 0.2) is 23.1 Å². The molecule has 1 saturated heterocycles. The van der Waals surface area contributed by atoms with Crippen molar-refractivity contribution in [2.45, 2.75) is 52.5 Å². The highest BCUT2D eigenvalue weighted by Crippen LogP contribution is 2.27. The lowest BCUT2D eigenvalue weighted by atomic mass is 9.90. The van der Waals surface area contributed by atoms with Crippen LogP contribution in [-0.4, -0.2) is 44.0 Å². The second-order valence-electron chi connectivity index (χ2n) is 7.64. The van der Waals surface area contributed by atoms with E-state index in [4.69, 9.17) is 0 Å². The lowest BCUT2D eigenvalue weighted by Crippen LogP contribution is -2.38. The van der Waals surface area contributed by atoms with Crippen LogP contribution in [0.25, 0.3) is 0 Å². The molecule has 0 N–H and O–H groups in total. The van der Waals surface area contributed by atoms with Gasteiger partial charge in [-0.05, 0) is 51.2 Å². The molecule has 0 radical (unpaired) electrons. The van der Waals surface area contributed by atoms with Gasteiger partial charge >= 0.3 is 0 Å². The molecule has 1 amide bonds. The van der Waals surface area contributed by atoms with Crippen LogP contribution in [0.1, 0.15) is 59.4 Å². The van der Waals surface area contributed by atoms with Crippen molar-refractivity contribution in [2.75, 3.05) is 13.1 Å². The third-order valence-corrected chi connectivity index (χ3v) is 5.72. The van der Waals surface area contributed by atoms with Crippen molar-refractivity contribution in [3.63, 3.8) is 0 Å². The molecule has 1 aliphatic heterocycles. The van der Waals surface area contributed by atoms with Crippen molar-refractivity contribution in [3.05, 3.63) is 51.2 Å². The molecular weight excluding hydrogens is 356 g/mol. The summed E-state index contributed by atoms with van der Waals surface area (Å²) in [5, 5.41) is 4.41. The Bertz CT molecular complexity index is 949. The number of amides is 1. The molecule has 0 spiro atoms. The van der Waals surface area contributed by atoms with E-state index in [0.29, 0.717) is 43.2 Å². The number of aryl methyl sites for hydroxylation is 3. The minimum Gasteiger partial charge on any atom is -0.343 e. The van der Waals surface area contributed by atoms with Gasteiger partial charge in [0.25, 0.3) is 5.56 Å². The largest absolute Gasteiger partial charge is 0.343 e. The monoisotopic (exact) mass is 384 g/mol. The number of carbonyl (C=O) groups excluding carboxylic acids is 2. The Morgan fingerprint density at radius 2 is 1.89 bits per heavy atom. The maximum atomic E-state index is 12.6. The predicted octanol–water partition coefficient (Wildman–Crippen LogP) is 2.20. The maximum Gasteiger partial charge on any atom is 0.250 e. The number of aromatic nitrogens is 3. The standard InChI is InChI=1S/C21H28N4O3/c1-14-21(16(3)26)15(2)25(22-14)12-8-19(27)24-10-6-17(7-11-24)18-5-9-23(4)20(28)13-18/h5,9,13,17H,6-8,10-12H2,1-4H3. The fourth-order valence-electron chi connectivity index (χ4n) is 4.06. The highest BCUT2D eigenvalue weighted by molar-refractivity contribution is 5.96. The Hall–Kier alpha value is -2.70. The van der Waals surface area contributed by atoms with Gasteiger partial charge < -0.3 is 9.47 Å². The molecule has 7 nitrogen and oxygen atoms in total. The zero-order chi connectivity index (χ0) is 20.4. The molecule has 1 aliphatic rings. The molecule has 3 heterocycles. The van der Waals surface area contributed by atoms with Gasteiger partial charge in [-0.3, -0.25) is 19.1 Å². The van der Waals surface area contributed by atoms with Crippen LogP contribution in [0.4, 0.5) is 0 Å². The molecule has 0 atom stereocenters. The molecule has 2 aromatic heterocycles. The summed E-state index contributed by atoms with van der Waals surface area (Å²) in [5.74, 6) is 0.442. The van der Waals surface area contributed by atoms with E-state index in [-0.39, 0.29) is 17.2 Å². The maximum absolute atomic E-state index is 12.6. The number of likely N-dealkylation sites (tertiary alicyclic amines) is 1. The number of hydrogen-bond donors (Lipinski definition) is 0. The van der Waals surface area contributed by atoms with Crippen molar-refractivity contribution >= 4 is 11.7 Å². The number of rotatable bonds is 5. The molecule has 0 saturated carbocycles. The van der Waals surface area contributed by atoms with E-state index < -0.39 is 0 Å². The van der Waals surface area contributed by atoms with Crippen molar-refractivity contribution in [3.8, 4) is 0 Å². The Morgan fingerprint density at radius 1 is 1.21 bits per heavy atom. The Balaban J connectivity index is 1.56. The number of hydrogen-bond acceptors (Lipinski definition) is 4. The van der Waals surface area contributed by atoms with Gasteiger partial charge in [0.15, 0.2) is 5.78 Å². The topological polar surface area (TPSA) is 77.2 Å². The fraction of sp³-hybridized carbons (Fsp3) is 0.524. The quantitative estimate of drug-likeness (QED) is 0.741. The summed E-state index contributed by atoms with van der Waals surface area (Å²) in [5.41, 5.74) is 3.26. The molecule has 0 aromatic carbocycles. The smallest absolute Gasteiger partial charge is 0.250 e. The lowest BCUT2D eigenvalue weighted by Gasteiger charge is -2.32. The van der Waals surface area contributed by atoms with Crippen molar-refractivity contribution in [2.24, 2.45) is 7.05 Å². The van der Waals surface area contributed by atoms with E-state index in [9.17, 15) is 14.4 Å². The molecule has 0 bridgehead atoms. The molecule has 150 valence electrons. The first-order chi connectivity index (χ1) is 13.3. The van der Waals surface area contributed by atoms with Gasteiger partial charge in [-0.1, -0.05) is 0 Å². The van der Waals surface area contributed by atoms with Crippen LogP contribution in [0, 0.1) is 13.8 Å². The van der Waals surface area contributed by atoms with E-state index >= 15 is 0 Å². The Labute approximate surface area is 165 Å². The second kappa shape index (κ2) is 8.12. The molecule has 28 heavy (non-hydrogen) atoms. The van der Waals surface area contributed by atoms with Crippen LogP contribution in [0.3, 0.4) is 0 Å². The summed E-state index contributed by atoms with van der Waals surface area (Å²) in [6.07, 6.45) is 3.91. The molecular formula is C21H28N4O3. The van der Waals surface area contributed by atoms with E-state index in [1.807, 2.05) is 24.8 Å². The Kier molecular flexibility index (Phi) is 5.82. The predicted molar refractivity (Wildman–Crippen MR) is 107 cm³/mol. The molecule has 0 aliphatic carbocycles. The molecule has 3 rings (SSSR count). The van der Waals surface area contributed by atoms with E-state index in [1.54, 1.807) is 35.5 Å². The molecule has 2 aromatic rings. The number of pyridine rings is 1. The number of carbonyl (C=O) groups is 2. The van der Waals surface area contributed by atoms with Gasteiger partial charge in [0.05, 0.1) is 11.3 Å². The van der Waals surface area contributed by atoms with Gasteiger partial charge in [0.2, 0.25) is 5.91 Å². The van der Waals surface area contributed by atoms with Gasteiger partial charge in [-0.25, -0.2) is 0 Å². The fourth-order valence-corrected chi connectivity index (χ4v) is 4.06. The average molecular weight is 384 g/mol. The summed E-state index contributed by atoms with van der Waals surface area (Å²) in [4.78, 5) is 38.1. The Morgan fingerprint density at radius 3 is 2.46 bits per heavy atom. The summed E-state index contributed by atoms with van der Waals surface area (Å²) in [6.45, 7) is 7.12. The normalized spacial score (nSPS) is 15.1. The van der Waals surface area contributed by atoms with Gasteiger partial charge in [-0.15, -0.1) is 0 Å². The SMILES string of the molecule is CC(=O)c1c(C)nn(CCC(=O)N2CCC(c3ccn(C)c(=O)c3)CC2)c1C. The van der Waals surface area contributed by atoms with Crippen LogP contribution >= 0.6 is 0 Å². The number of Topliss-reactive ketones (excluding diaryl/α,β-unsaturated/α-hetero) is 1. The minimum atomic E-state index is 0.00499. The lowest BCUT2D eigenvalue weighted by molar-refractivity contribution is -0.132. The summed E-state index contributed by atoms with van der Waals surface area (Å²) in [6, 6.07) is 3.70. The first kappa shape index (κ1) is 20.0. The summed E-state index contributed by atoms with van der Waals surface area (Å²) < 4.78 is 3.33. The van der Waals surface area contributed by atoms with Gasteiger partial charge in [0, 0.05) is 51.1 Å². The number of nitrogens with zero attached hydrogens (tertiary/aromatic N) is 4. The van der Waals surface area contributed by atoms with Crippen LogP contribution in [0.2, 0.25) is 0 Å². The van der Waals surface area contributed by atoms with Crippen molar-refractivity contribution < 1.29 is 9.59 Å². The third-order valence-electron chi connectivity index (χ3n) is 5.72. The zero-order valence-corrected chi connectivity index (χ0v) is 17.1. The first-order valence-electron chi connectivity index (χ1n) is 9.77. The molecule has 7 heteroatoms. The summed E-state index contributed by atoms with van der Waals surface area (Å²) in [7, 11) is 1.75. The average Bonchev–Trinajstić information content (AvgIpc) is 2.95. The zero-order valence-electron chi connectivity index (χ0n) is 17.1. The third kappa shape index (κ3) is 4.08. The first-order valence-corrected chi connectivity index (χ1v) is 9.77. The van der Waals surface area contributed by atoms with Crippen LogP contribution in [-0.2, 0) is 18.4 Å². The number of piperidine rings is 1. The number of ketones is 1. The van der Waals surface area contributed by atoms with Crippen LogP contribution in [0.5, 0.6) is 0 Å². The van der Waals surface area contributed by atoms with Gasteiger partial charge in [0.1, 0.15) is 0 Å². The molecule has 0 unspecified atom stereocenters. The summed E-state index contributed by atoms with van der Waals surface area (Å²) >= 11 is 0.